The van der Waals surface area contributed by atoms with E-state index in [4.69, 9.17) is 11.6 Å². The van der Waals surface area contributed by atoms with Crippen LogP contribution >= 0.6 is 34.7 Å². The third-order valence-electron chi connectivity index (χ3n) is 3.77. The Morgan fingerprint density at radius 1 is 1.11 bits per heavy atom. The van der Waals surface area contributed by atoms with Crippen LogP contribution in [0.15, 0.2) is 58.9 Å². The molecule has 0 radical (unpaired) electrons. The molecular formula is C19H19ClN4OS2. The van der Waals surface area contributed by atoms with Crippen molar-refractivity contribution in [3.63, 3.8) is 0 Å². The Balaban J connectivity index is 1.44. The van der Waals surface area contributed by atoms with Gasteiger partial charge >= 0.3 is 0 Å². The first-order valence-corrected chi connectivity index (χ1v) is 10.5. The first kappa shape index (κ1) is 19.7. The number of carbonyl (C=O) groups excluding carboxylic acids is 1. The fourth-order valence-electron chi connectivity index (χ4n) is 2.30. The maximum atomic E-state index is 12.3. The number of hydrogen-bond acceptors (Lipinski definition) is 6. The quantitative estimate of drug-likeness (QED) is 0.543. The molecule has 1 heterocycles. The van der Waals surface area contributed by atoms with Crippen molar-refractivity contribution in [1.82, 2.24) is 15.1 Å². The van der Waals surface area contributed by atoms with E-state index >= 15 is 0 Å². The van der Waals surface area contributed by atoms with Gasteiger partial charge in [-0.3, -0.25) is 4.79 Å². The van der Waals surface area contributed by atoms with Crippen molar-refractivity contribution in [3.05, 3.63) is 70.7 Å². The van der Waals surface area contributed by atoms with Crippen molar-refractivity contribution in [3.8, 4) is 0 Å². The van der Waals surface area contributed by atoms with Gasteiger partial charge in [0, 0.05) is 25.2 Å². The Hall–Kier alpha value is -2.09. The zero-order valence-electron chi connectivity index (χ0n) is 14.8. The molecule has 2 aromatic carbocycles. The molecule has 0 aliphatic carbocycles. The van der Waals surface area contributed by atoms with E-state index < -0.39 is 0 Å². The number of carbonyl (C=O) groups is 1. The first-order chi connectivity index (χ1) is 13.1. The van der Waals surface area contributed by atoms with Crippen LogP contribution in [0.3, 0.4) is 0 Å². The van der Waals surface area contributed by atoms with Crippen LogP contribution in [0.4, 0.5) is 5.13 Å². The van der Waals surface area contributed by atoms with E-state index in [-0.39, 0.29) is 5.91 Å². The SMILES string of the molecule is CN(Cc1ccc(Cl)cc1)C(=O)CSc1nnc(NCc2ccccc2)s1. The summed E-state index contributed by atoms with van der Waals surface area (Å²) in [5.74, 6) is 0.376. The van der Waals surface area contributed by atoms with Crippen LogP contribution in [-0.4, -0.2) is 33.8 Å². The summed E-state index contributed by atoms with van der Waals surface area (Å²) in [6, 6.07) is 17.6. The predicted octanol–water partition coefficient (Wildman–Crippen LogP) is 4.55. The summed E-state index contributed by atoms with van der Waals surface area (Å²) in [4.78, 5) is 14.0. The molecule has 0 saturated carbocycles. The molecule has 0 saturated heterocycles. The Morgan fingerprint density at radius 2 is 1.85 bits per heavy atom. The van der Waals surface area contributed by atoms with Crippen molar-refractivity contribution in [2.75, 3.05) is 18.1 Å². The maximum Gasteiger partial charge on any atom is 0.233 e. The number of anilines is 1. The highest BCUT2D eigenvalue weighted by atomic mass is 35.5. The Bertz CT molecular complexity index is 871. The van der Waals surface area contributed by atoms with Gasteiger partial charge in [0.1, 0.15) is 0 Å². The molecule has 1 N–H and O–H groups in total. The number of thioether (sulfide) groups is 1. The molecule has 27 heavy (non-hydrogen) atoms. The summed E-state index contributed by atoms with van der Waals surface area (Å²) in [5.41, 5.74) is 2.23. The zero-order valence-corrected chi connectivity index (χ0v) is 17.2. The third kappa shape index (κ3) is 6.23. The second-order valence-electron chi connectivity index (χ2n) is 5.88. The lowest BCUT2D eigenvalue weighted by molar-refractivity contribution is -0.127. The highest BCUT2D eigenvalue weighted by Gasteiger charge is 2.12. The van der Waals surface area contributed by atoms with E-state index in [1.165, 1.54) is 28.7 Å². The summed E-state index contributed by atoms with van der Waals surface area (Å²) in [7, 11) is 1.80. The van der Waals surface area contributed by atoms with Crippen molar-refractivity contribution in [1.29, 1.82) is 0 Å². The smallest absolute Gasteiger partial charge is 0.233 e. The number of nitrogens with one attached hydrogen (secondary N) is 1. The monoisotopic (exact) mass is 418 g/mol. The van der Waals surface area contributed by atoms with E-state index in [9.17, 15) is 4.79 Å². The molecule has 5 nitrogen and oxygen atoms in total. The van der Waals surface area contributed by atoms with E-state index in [1.807, 2.05) is 42.5 Å². The molecule has 0 fully saturated rings. The maximum absolute atomic E-state index is 12.3. The number of nitrogens with zero attached hydrogens (tertiary/aromatic N) is 3. The molecule has 1 aromatic heterocycles. The van der Waals surface area contributed by atoms with Gasteiger partial charge in [-0.1, -0.05) is 77.2 Å². The number of halogens is 1. The summed E-state index contributed by atoms with van der Waals surface area (Å²) in [5, 5.41) is 13.0. The fraction of sp³-hybridized carbons (Fsp3) is 0.211. The van der Waals surface area contributed by atoms with Crippen LogP contribution in [0, 0.1) is 0 Å². The van der Waals surface area contributed by atoms with Gasteiger partial charge in [-0.15, -0.1) is 10.2 Å². The average molecular weight is 419 g/mol. The normalized spacial score (nSPS) is 10.6. The molecular weight excluding hydrogens is 400 g/mol. The average Bonchev–Trinajstić information content (AvgIpc) is 3.15. The molecule has 3 rings (SSSR count). The Morgan fingerprint density at radius 3 is 2.59 bits per heavy atom. The van der Waals surface area contributed by atoms with Gasteiger partial charge in [0.2, 0.25) is 11.0 Å². The minimum atomic E-state index is 0.0453. The highest BCUT2D eigenvalue weighted by molar-refractivity contribution is 8.01. The molecule has 0 aliphatic heterocycles. The van der Waals surface area contributed by atoms with Crippen LogP contribution in [0.25, 0.3) is 0 Å². The van der Waals surface area contributed by atoms with E-state index in [2.05, 4.69) is 27.6 Å². The number of amides is 1. The molecule has 0 atom stereocenters. The number of benzene rings is 2. The molecule has 0 spiro atoms. The number of aromatic nitrogens is 2. The van der Waals surface area contributed by atoms with E-state index in [1.54, 1.807) is 11.9 Å². The van der Waals surface area contributed by atoms with Crippen LogP contribution in [0.1, 0.15) is 11.1 Å². The summed E-state index contributed by atoms with van der Waals surface area (Å²) in [6.45, 7) is 1.25. The molecule has 1 amide bonds. The highest BCUT2D eigenvalue weighted by Crippen LogP contribution is 2.26. The topological polar surface area (TPSA) is 58.1 Å². The summed E-state index contributed by atoms with van der Waals surface area (Å²) >= 11 is 8.75. The largest absolute Gasteiger partial charge is 0.356 e. The molecule has 8 heteroatoms. The lowest BCUT2D eigenvalue weighted by Gasteiger charge is -2.16. The number of hydrogen-bond donors (Lipinski definition) is 1. The molecule has 0 aliphatic rings. The van der Waals surface area contributed by atoms with Gasteiger partial charge in [0.15, 0.2) is 4.34 Å². The van der Waals surface area contributed by atoms with Crippen LogP contribution in [-0.2, 0) is 17.9 Å². The fourth-order valence-corrected chi connectivity index (χ4v) is 4.11. The third-order valence-corrected chi connectivity index (χ3v) is 6.02. The minimum Gasteiger partial charge on any atom is -0.356 e. The molecule has 0 bridgehead atoms. The Labute approximate surface area is 171 Å². The lowest BCUT2D eigenvalue weighted by Crippen LogP contribution is -2.27. The van der Waals surface area contributed by atoms with Crippen LogP contribution in [0.2, 0.25) is 5.02 Å². The van der Waals surface area contributed by atoms with Gasteiger partial charge < -0.3 is 10.2 Å². The van der Waals surface area contributed by atoms with Crippen molar-refractivity contribution in [2.45, 2.75) is 17.4 Å². The van der Waals surface area contributed by atoms with Gasteiger partial charge in [-0.05, 0) is 23.3 Å². The van der Waals surface area contributed by atoms with Crippen LogP contribution in [0.5, 0.6) is 0 Å². The standard InChI is InChI=1S/C19H19ClN4OS2/c1-24(12-15-7-9-16(20)10-8-15)17(25)13-26-19-23-22-18(27-19)21-11-14-5-3-2-4-6-14/h2-10H,11-13H2,1H3,(H,21,22). The second kappa shape index (κ2) is 9.73. The summed E-state index contributed by atoms with van der Waals surface area (Å²) in [6.07, 6.45) is 0. The molecule has 140 valence electrons. The van der Waals surface area contributed by atoms with Crippen molar-refractivity contribution in [2.24, 2.45) is 0 Å². The predicted molar refractivity (Wildman–Crippen MR) is 112 cm³/mol. The van der Waals surface area contributed by atoms with E-state index in [0.717, 1.165) is 15.0 Å². The number of rotatable bonds is 8. The zero-order chi connectivity index (χ0) is 19.1. The molecule has 3 aromatic rings. The van der Waals surface area contributed by atoms with Gasteiger partial charge in [-0.2, -0.15) is 0 Å². The van der Waals surface area contributed by atoms with E-state index in [0.29, 0.717) is 23.9 Å². The van der Waals surface area contributed by atoms with Gasteiger partial charge in [0.05, 0.1) is 5.75 Å². The molecule has 0 unspecified atom stereocenters. The Kier molecular flexibility index (Phi) is 7.09. The van der Waals surface area contributed by atoms with Crippen molar-refractivity contribution < 1.29 is 4.79 Å². The van der Waals surface area contributed by atoms with Crippen LogP contribution < -0.4 is 5.32 Å². The first-order valence-electron chi connectivity index (χ1n) is 8.32. The summed E-state index contributed by atoms with van der Waals surface area (Å²) < 4.78 is 0.777. The van der Waals surface area contributed by atoms with Gasteiger partial charge in [-0.25, -0.2) is 0 Å². The minimum absolute atomic E-state index is 0.0453. The lowest BCUT2D eigenvalue weighted by atomic mass is 10.2. The van der Waals surface area contributed by atoms with Gasteiger partial charge in [0.25, 0.3) is 0 Å². The second-order valence-corrected chi connectivity index (χ2v) is 8.51. The van der Waals surface area contributed by atoms with Crippen molar-refractivity contribution >= 4 is 45.7 Å².